The lowest BCUT2D eigenvalue weighted by atomic mass is 10.1. The molecule has 0 atom stereocenters. The summed E-state index contributed by atoms with van der Waals surface area (Å²) < 4.78 is 0. The molecule has 82 valence electrons. The molecule has 0 unspecified atom stereocenters. The maximum absolute atomic E-state index is 11.5. The summed E-state index contributed by atoms with van der Waals surface area (Å²) in [5, 5.41) is 8.48. The number of hydrogen-bond donors (Lipinski definition) is 3. The van der Waals surface area contributed by atoms with Crippen LogP contribution < -0.4 is 11.3 Å². The van der Waals surface area contributed by atoms with E-state index in [1.807, 2.05) is 6.92 Å². The molecule has 0 fully saturated rings. The molecule has 0 spiro atoms. The average molecular weight is 211 g/mol. The van der Waals surface area contributed by atoms with E-state index in [1.54, 1.807) is 0 Å². The van der Waals surface area contributed by atoms with E-state index >= 15 is 0 Å². The zero-order valence-corrected chi connectivity index (χ0v) is 8.41. The molecule has 0 aromatic carbocycles. The first-order valence-electron chi connectivity index (χ1n) is 4.64. The van der Waals surface area contributed by atoms with E-state index in [-0.39, 0.29) is 29.8 Å². The van der Waals surface area contributed by atoms with Gasteiger partial charge < -0.3 is 15.8 Å². The molecular formula is C9H13N3O3. The van der Waals surface area contributed by atoms with Crippen LogP contribution in [0.1, 0.15) is 24.7 Å². The Morgan fingerprint density at radius 2 is 2.27 bits per heavy atom. The average Bonchev–Trinajstić information content (AvgIpc) is 2.15. The van der Waals surface area contributed by atoms with Gasteiger partial charge in [0.1, 0.15) is 11.6 Å². The Morgan fingerprint density at radius 1 is 1.60 bits per heavy atom. The van der Waals surface area contributed by atoms with Gasteiger partial charge in [0.2, 0.25) is 0 Å². The lowest BCUT2D eigenvalue weighted by molar-refractivity contribution is -0.136. The summed E-state index contributed by atoms with van der Waals surface area (Å²) in [6.45, 7) is 1.84. The van der Waals surface area contributed by atoms with Gasteiger partial charge in [-0.25, -0.2) is 4.98 Å². The number of H-pyrrole nitrogens is 1. The van der Waals surface area contributed by atoms with E-state index in [0.717, 1.165) is 0 Å². The van der Waals surface area contributed by atoms with Crippen molar-refractivity contribution >= 4 is 11.8 Å². The molecule has 6 heteroatoms. The van der Waals surface area contributed by atoms with Gasteiger partial charge in [-0.15, -0.1) is 0 Å². The van der Waals surface area contributed by atoms with Crippen molar-refractivity contribution in [1.29, 1.82) is 0 Å². The van der Waals surface area contributed by atoms with Crippen LogP contribution in [-0.4, -0.2) is 21.0 Å². The van der Waals surface area contributed by atoms with Gasteiger partial charge in [-0.05, 0) is 6.42 Å². The summed E-state index contributed by atoms with van der Waals surface area (Å²) >= 11 is 0. The van der Waals surface area contributed by atoms with Crippen LogP contribution in [0.25, 0.3) is 0 Å². The number of aromatic amines is 1. The predicted octanol–water partition coefficient (Wildman–Crippen LogP) is -0.0683. The van der Waals surface area contributed by atoms with Crippen LogP contribution in [0, 0.1) is 0 Å². The molecule has 0 bridgehead atoms. The molecule has 0 aliphatic carbocycles. The number of carbonyl (C=O) groups is 1. The van der Waals surface area contributed by atoms with Crippen molar-refractivity contribution in [2.24, 2.45) is 0 Å². The number of aryl methyl sites for hydroxylation is 1. The first-order chi connectivity index (χ1) is 7.04. The Hall–Kier alpha value is -1.85. The minimum absolute atomic E-state index is 0.105. The van der Waals surface area contributed by atoms with Crippen LogP contribution in [0.5, 0.6) is 0 Å². The van der Waals surface area contributed by atoms with Crippen LogP contribution in [0.2, 0.25) is 0 Å². The summed E-state index contributed by atoms with van der Waals surface area (Å²) in [6.07, 6.45) is 0.562. The molecule has 15 heavy (non-hydrogen) atoms. The lowest BCUT2D eigenvalue weighted by Crippen LogP contribution is -2.20. The number of anilines is 1. The SMILES string of the molecule is CCc1nc(N)c(CCC(=O)O)c(=O)[nH]1. The normalized spacial score (nSPS) is 10.2. The van der Waals surface area contributed by atoms with Crippen molar-refractivity contribution in [1.82, 2.24) is 9.97 Å². The second-order valence-electron chi connectivity index (χ2n) is 3.12. The number of aromatic nitrogens is 2. The largest absolute Gasteiger partial charge is 0.481 e. The number of rotatable bonds is 4. The molecule has 6 nitrogen and oxygen atoms in total. The van der Waals surface area contributed by atoms with Gasteiger partial charge in [-0.1, -0.05) is 6.92 Å². The van der Waals surface area contributed by atoms with Gasteiger partial charge in [0, 0.05) is 12.8 Å². The topological polar surface area (TPSA) is 109 Å². The second kappa shape index (κ2) is 4.59. The smallest absolute Gasteiger partial charge is 0.303 e. The third-order valence-electron chi connectivity index (χ3n) is 2.02. The molecular weight excluding hydrogens is 198 g/mol. The van der Waals surface area contributed by atoms with Crippen LogP contribution in [0.3, 0.4) is 0 Å². The van der Waals surface area contributed by atoms with E-state index in [4.69, 9.17) is 10.8 Å². The molecule has 1 aromatic heterocycles. The third-order valence-corrected chi connectivity index (χ3v) is 2.02. The molecule has 0 saturated heterocycles. The zero-order chi connectivity index (χ0) is 11.4. The summed E-state index contributed by atoms with van der Waals surface area (Å²) in [4.78, 5) is 28.3. The number of aliphatic carboxylic acids is 1. The maximum Gasteiger partial charge on any atom is 0.303 e. The van der Waals surface area contributed by atoms with E-state index in [0.29, 0.717) is 12.2 Å². The fourth-order valence-corrected chi connectivity index (χ4v) is 1.20. The van der Waals surface area contributed by atoms with Crippen molar-refractivity contribution < 1.29 is 9.90 Å². The minimum Gasteiger partial charge on any atom is -0.481 e. The number of nitrogens with zero attached hydrogens (tertiary/aromatic N) is 1. The number of nitrogen functional groups attached to an aromatic ring is 1. The lowest BCUT2D eigenvalue weighted by Gasteiger charge is -2.04. The molecule has 1 heterocycles. The van der Waals surface area contributed by atoms with Gasteiger partial charge in [0.15, 0.2) is 0 Å². The number of hydrogen-bond acceptors (Lipinski definition) is 4. The molecule has 0 saturated carbocycles. The van der Waals surface area contributed by atoms with Crippen molar-refractivity contribution in [2.75, 3.05) is 5.73 Å². The van der Waals surface area contributed by atoms with E-state index < -0.39 is 5.97 Å². The maximum atomic E-state index is 11.5. The summed E-state index contributed by atoms with van der Waals surface area (Å²) in [5.41, 5.74) is 5.46. The van der Waals surface area contributed by atoms with Gasteiger partial charge in [-0.2, -0.15) is 0 Å². The van der Waals surface area contributed by atoms with Gasteiger partial charge in [0.05, 0.1) is 5.56 Å². The fraction of sp³-hybridized carbons (Fsp3) is 0.444. The summed E-state index contributed by atoms with van der Waals surface area (Å²) in [6, 6.07) is 0. The predicted molar refractivity (Wildman–Crippen MR) is 54.6 cm³/mol. The Balaban J connectivity index is 2.98. The quantitative estimate of drug-likeness (QED) is 0.646. The Morgan fingerprint density at radius 3 is 2.73 bits per heavy atom. The third kappa shape index (κ3) is 2.80. The van der Waals surface area contributed by atoms with Crippen molar-refractivity contribution in [3.05, 3.63) is 21.7 Å². The van der Waals surface area contributed by atoms with Crippen LogP contribution in [0.15, 0.2) is 4.79 Å². The molecule has 1 aromatic rings. The zero-order valence-electron chi connectivity index (χ0n) is 8.41. The molecule has 4 N–H and O–H groups in total. The number of carboxylic acids is 1. The van der Waals surface area contributed by atoms with E-state index in [1.165, 1.54) is 0 Å². The standard InChI is InChI=1S/C9H13N3O3/c1-2-6-11-8(10)5(9(15)12-6)3-4-7(13)14/h2-4H2,1H3,(H,13,14)(H3,10,11,12,15). The first kappa shape index (κ1) is 11.2. The van der Waals surface area contributed by atoms with Crippen LogP contribution in [-0.2, 0) is 17.6 Å². The molecule has 0 amide bonds. The minimum atomic E-state index is -0.964. The van der Waals surface area contributed by atoms with E-state index in [2.05, 4.69) is 9.97 Å². The molecule has 0 radical (unpaired) electrons. The Labute approximate surface area is 86.2 Å². The van der Waals surface area contributed by atoms with Crippen molar-refractivity contribution in [2.45, 2.75) is 26.2 Å². The van der Waals surface area contributed by atoms with Crippen LogP contribution in [0.4, 0.5) is 5.82 Å². The van der Waals surface area contributed by atoms with Crippen molar-refractivity contribution in [3.8, 4) is 0 Å². The van der Waals surface area contributed by atoms with E-state index in [9.17, 15) is 9.59 Å². The number of nitrogens with two attached hydrogens (primary N) is 1. The monoisotopic (exact) mass is 211 g/mol. The van der Waals surface area contributed by atoms with Crippen molar-refractivity contribution in [3.63, 3.8) is 0 Å². The van der Waals surface area contributed by atoms with Gasteiger partial charge in [-0.3, -0.25) is 9.59 Å². The highest BCUT2D eigenvalue weighted by Crippen LogP contribution is 2.05. The second-order valence-corrected chi connectivity index (χ2v) is 3.12. The molecule has 0 aliphatic heterocycles. The summed E-state index contributed by atoms with van der Waals surface area (Å²) in [7, 11) is 0. The Kier molecular flexibility index (Phi) is 3.43. The summed E-state index contributed by atoms with van der Waals surface area (Å²) in [5.74, 6) is -0.332. The van der Waals surface area contributed by atoms with Crippen LogP contribution >= 0.6 is 0 Å². The van der Waals surface area contributed by atoms with Gasteiger partial charge >= 0.3 is 5.97 Å². The highest BCUT2D eigenvalue weighted by Gasteiger charge is 2.09. The number of nitrogens with one attached hydrogen (secondary N) is 1. The van der Waals surface area contributed by atoms with Gasteiger partial charge in [0.25, 0.3) is 5.56 Å². The fourth-order valence-electron chi connectivity index (χ4n) is 1.20. The Bertz CT molecular complexity index is 425. The molecule has 0 aliphatic rings. The highest BCUT2D eigenvalue weighted by atomic mass is 16.4. The highest BCUT2D eigenvalue weighted by molar-refractivity contribution is 5.67. The number of carboxylic acid groups (broad SMARTS) is 1. The molecule has 1 rings (SSSR count). The first-order valence-corrected chi connectivity index (χ1v) is 4.64.